The lowest BCUT2D eigenvalue weighted by Crippen LogP contribution is -2.23. The molecule has 0 aliphatic heterocycles. The third kappa shape index (κ3) is 3.75. The Balaban J connectivity index is 0.00000225. The van der Waals surface area contributed by atoms with Gasteiger partial charge in [-0.3, -0.25) is 10.1 Å². The Morgan fingerprint density at radius 2 is 2.04 bits per heavy atom. The van der Waals surface area contributed by atoms with Crippen molar-refractivity contribution in [1.82, 2.24) is 9.55 Å². The maximum atomic E-state index is 12.5. The molecule has 4 rings (SSSR count). The van der Waals surface area contributed by atoms with Crippen LogP contribution in [0.5, 0.6) is 0 Å². The van der Waals surface area contributed by atoms with Crippen molar-refractivity contribution in [1.29, 1.82) is 5.26 Å². The highest BCUT2D eigenvalue weighted by Crippen LogP contribution is 2.37. The number of fused-ring (bicyclic) bond motifs is 1. The van der Waals surface area contributed by atoms with Crippen molar-refractivity contribution < 1.29 is 9.90 Å². The number of anilines is 1. The molecule has 1 aliphatic rings. The average molecular weight is 376 g/mol. The molecular formula is C22H24N4O2. The third-order valence-electron chi connectivity index (χ3n) is 5.07. The second-order valence-electron chi connectivity index (χ2n) is 6.88. The number of rotatable bonds is 5. The van der Waals surface area contributed by atoms with Crippen molar-refractivity contribution in [2.45, 2.75) is 45.3 Å². The first kappa shape index (κ1) is 19.6. The Morgan fingerprint density at radius 3 is 2.68 bits per heavy atom. The van der Waals surface area contributed by atoms with Gasteiger partial charge in [-0.15, -0.1) is 0 Å². The Labute approximate surface area is 164 Å². The van der Waals surface area contributed by atoms with E-state index in [4.69, 9.17) is 0 Å². The lowest BCUT2D eigenvalue weighted by molar-refractivity contribution is -0.118. The SMILES string of the molecule is C.N#Cc1ccc2nc(NC(=O)C[C@H](O)c3ccccc3)n(C3CCC3)c2c1. The van der Waals surface area contributed by atoms with Crippen LogP contribution in [0, 0.1) is 11.3 Å². The summed E-state index contributed by atoms with van der Waals surface area (Å²) in [6, 6.07) is 16.9. The summed E-state index contributed by atoms with van der Waals surface area (Å²) in [5, 5.41) is 22.3. The summed E-state index contributed by atoms with van der Waals surface area (Å²) in [6.45, 7) is 0. The Bertz CT molecular complexity index is 1020. The predicted octanol–water partition coefficient (Wildman–Crippen LogP) is 4.33. The van der Waals surface area contributed by atoms with Crippen molar-refractivity contribution >= 4 is 22.9 Å². The van der Waals surface area contributed by atoms with Gasteiger partial charge in [0.05, 0.1) is 35.2 Å². The van der Waals surface area contributed by atoms with Crippen LogP contribution in [0.2, 0.25) is 0 Å². The molecule has 2 aromatic carbocycles. The van der Waals surface area contributed by atoms with Crippen molar-refractivity contribution in [2.24, 2.45) is 0 Å². The van der Waals surface area contributed by atoms with Crippen LogP contribution in [0.3, 0.4) is 0 Å². The van der Waals surface area contributed by atoms with Crippen LogP contribution in [0.15, 0.2) is 48.5 Å². The smallest absolute Gasteiger partial charge is 0.229 e. The van der Waals surface area contributed by atoms with E-state index in [-0.39, 0.29) is 25.8 Å². The quantitative estimate of drug-likeness (QED) is 0.693. The third-order valence-corrected chi connectivity index (χ3v) is 5.07. The Kier molecular flexibility index (Phi) is 5.76. The van der Waals surface area contributed by atoms with Gasteiger partial charge in [0.1, 0.15) is 0 Å². The second-order valence-corrected chi connectivity index (χ2v) is 6.88. The first-order chi connectivity index (χ1) is 13.2. The van der Waals surface area contributed by atoms with E-state index in [1.165, 1.54) is 0 Å². The van der Waals surface area contributed by atoms with E-state index in [1.807, 2.05) is 28.8 Å². The summed E-state index contributed by atoms with van der Waals surface area (Å²) >= 11 is 0. The number of aromatic nitrogens is 2. The van der Waals surface area contributed by atoms with Gasteiger partial charge in [0.25, 0.3) is 0 Å². The molecule has 6 nitrogen and oxygen atoms in total. The highest BCUT2D eigenvalue weighted by molar-refractivity contribution is 5.92. The molecule has 1 aliphatic carbocycles. The number of carbonyl (C=O) groups excluding carboxylic acids is 1. The van der Waals surface area contributed by atoms with Crippen LogP contribution in [0.4, 0.5) is 5.95 Å². The minimum absolute atomic E-state index is 0. The average Bonchev–Trinajstić information content (AvgIpc) is 2.98. The number of hydrogen-bond donors (Lipinski definition) is 2. The largest absolute Gasteiger partial charge is 0.388 e. The summed E-state index contributed by atoms with van der Waals surface area (Å²) in [5.41, 5.74) is 2.89. The zero-order valence-corrected chi connectivity index (χ0v) is 14.8. The fourth-order valence-electron chi connectivity index (χ4n) is 3.41. The number of nitriles is 1. The van der Waals surface area contributed by atoms with Crippen LogP contribution in [0.1, 0.15) is 56.4 Å². The molecule has 0 saturated heterocycles. The molecule has 0 bridgehead atoms. The highest BCUT2D eigenvalue weighted by atomic mass is 16.3. The number of amides is 1. The van der Waals surface area contributed by atoms with Crippen LogP contribution < -0.4 is 5.32 Å². The number of benzene rings is 2. The molecular weight excluding hydrogens is 352 g/mol. The number of carbonyl (C=O) groups is 1. The molecule has 0 radical (unpaired) electrons. The molecule has 2 N–H and O–H groups in total. The molecule has 0 spiro atoms. The van der Waals surface area contributed by atoms with Gasteiger partial charge >= 0.3 is 0 Å². The molecule has 144 valence electrons. The Hall–Kier alpha value is -3.17. The standard InChI is InChI=1S/C21H20N4O2.CH4/c22-13-14-9-10-17-18(11-14)25(16-7-4-8-16)21(23-17)24-20(27)12-19(26)15-5-2-1-3-6-15;/h1-3,5-6,9-11,16,19,26H,4,7-8,12H2,(H,23,24,27);1H4/t19-;/m0./s1. The molecule has 1 heterocycles. The van der Waals surface area contributed by atoms with Crippen molar-refractivity contribution in [3.05, 3.63) is 59.7 Å². The number of nitrogens with zero attached hydrogens (tertiary/aromatic N) is 3. The van der Waals surface area contributed by atoms with E-state index in [9.17, 15) is 15.2 Å². The number of nitrogens with one attached hydrogen (secondary N) is 1. The predicted molar refractivity (Wildman–Crippen MR) is 109 cm³/mol. The van der Waals surface area contributed by atoms with E-state index in [1.54, 1.807) is 24.3 Å². The lowest BCUT2D eigenvalue weighted by Gasteiger charge is -2.29. The summed E-state index contributed by atoms with van der Waals surface area (Å²) in [5.74, 6) is 0.192. The van der Waals surface area contributed by atoms with Gasteiger partial charge in [-0.05, 0) is 43.0 Å². The van der Waals surface area contributed by atoms with E-state index < -0.39 is 6.10 Å². The number of aliphatic hydroxyl groups excluding tert-OH is 1. The van der Waals surface area contributed by atoms with Crippen LogP contribution >= 0.6 is 0 Å². The zero-order valence-electron chi connectivity index (χ0n) is 14.8. The minimum atomic E-state index is -0.863. The summed E-state index contributed by atoms with van der Waals surface area (Å²) in [7, 11) is 0. The Morgan fingerprint density at radius 1 is 1.29 bits per heavy atom. The molecule has 1 fully saturated rings. The zero-order chi connectivity index (χ0) is 18.8. The minimum Gasteiger partial charge on any atom is -0.388 e. The fourth-order valence-corrected chi connectivity index (χ4v) is 3.41. The summed E-state index contributed by atoms with van der Waals surface area (Å²) in [6.07, 6.45) is 2.29. The molecule has 0 unspecified atom stereocenters. The van der Waals surface area contributed by atoms with Crippen LogP contribution in [0.25, 0.3) is 11.0 Å². The first-order valence-electron chi connectivity index (χ1n) is 9.10. The monoisotopic (exact) mass is 376 g/mol. The topological polar surface area (TPSA) is 90.9 Å². The van der Waals surface area contributed by atoms with Crippen LogP contribution in [-0.4, -0.2) is 20.6 Å². The maximum Gasteiger partial charge on any atom is 0.229 e. The maximum absolute atomic E-state index is 12.5. The van der Waals surface area contributed by atoms with Gasteiger partial charge in [-0.2, -0.15) is 5.26 Å². The molecule has 28 heavy (non-hydrogen) atoms. The molecule has 1 saturated carbocycles. The normalized spacial score (nSPS) is 14.6. The number of aliphatic hydroxyl groups is 1. The number of imidazole rings is 1. The van der Waals surface area contributed by atoms with Gasteiger partial charge in [0.15, 0.2) is 0 Å². The van der Waals surface area contributed by atoms with E-state index in [0.29, 0.717) is 17.1 Å². The first-order valence-corrected chi connectivity index (χ1v) is 9.10. The number of hydrogen-bond acceptors (Lipinski definition) is 4. The van der Waals surface area contributed by atoms with E-state index in [0.717, 1.165) is 30.3 Å². The highest BCUT2D eigenvalue weighted by Gasteiger charge is 2.26. The lowest BCUT2D eigenvalue weighted by atomic mass is 9.92. The molecule has 1 aromatic heterocycles. The summed E-state index contributed by atoms with van der Waals surface area (Å²) < 4.78 is 2.02. The van der Waals surface area contributed by atoms with Crippen LogP contribution in [-0.2, 0) is 4.79 Å². The van der Waals surface area contributed by atoms with Gasteiger partial charge in [0, 0.05) is 6.04 Å². The van der Waals surface area contributed by atoms with Gasteiger partial charge < -0.3 is 9.67 Å². The van der Waals surface area contributed by atoms with E-state index in [2.05, 4.69) is 16.4 Å². The fraction of sp³-hybridized carbons (Fsp3) is 0.318. The van der Waals surface area contributed by atoms with Gasteiger partial charge in [-0.25, -0.2) is 4.98 Å². The molecule has 1 amide bonds. The van der Waals surface area contributed by atoms with Crippen molar-refractivity contribution in [2.75, 3.05) is 5.32 Å². The molecule has 6 heteroatoms. The van der Waals surface area contributed by atoms with Crippen molar-refractivity contribution in [3.8, 4) is 6.07 Å². The van der Waals surface area contributed by atoms with Gasteiger partial charge in [-0.1, -0.05) is 37.8 Å². The summed E-state index contributed by atoms with van der Waals surface area (Å²) in [4.78, 5) is 17.1. The molecule has 3 aromatic rings. The molecule has 1 atom stereocenters. The van der Waals surface area contributed by atoms with Crippen molar-refractivity contribution in [3.63, 3.8) is 0 Å². The second kappa shape index (κ2) is 8.24. The van der Waals surface area contributed by atoms with Gasteiger partial charge in [0.2, 0.25) is 11.9 Å². The van der Waals surface area contributed by atoms with E-state index >= 15 is 0 Å².